The van der Waals surface area contributed by atoms with Crippen LogP contribution in [0.15, 0.2) is 9.59 Å². The molecule has 0 amide bonds. The van der Waals surface area contributed by atoms with E-state index in [2.05, 4.69) is 11.9 Å². The van der Waals surface area contributed by atoms with Gasteiger partial charge in [0.05, 0.1) is 0 Å². The highest BCUT2D eigenvalue weighted by atomic mass is 16.2. The van der Waals surface area contributed by atoms with E-state index in [1.54, 1.807) is 7.05 Å². The molecule has 2 aromatic heterocycles. The summed E-state index contributed by atoms with van der Waals surface area (Å²) in [4.78, 5) is 28.7. The average Bonchev–Trinajstić information content (AvgIpc) is 2.82. The fraction of sp³-hybridized carbons (Fsp3) is 0.615. The maximum Gasteiger partial charge on any atom is 0.332 e. The van der Waals surface area contributed by atoms with Gasteiger partial charge in [0.25, 0.3) is 5.56 Å². The molecule has 1 unspecified atom stereocenters. The molecular weight excluding hydrogens is 258 g/mol. The zero-order valence-corrected chi connectivity index (χ0v) is 12.4. The van der Waals surface area contributed by atoms with E-state index in [1.165, 1.54) is 11.6 Å². The number of aromatic nitrogens is 4. The quantitative estimate of drug-likeness (QED) is 0.847. The minimum absolute atomic E-state index is 0.152. The molecule has 0 bridgehead atoms. The van der Waals surface area contributed by atoms with E-state index in [1.807, 2.05) is 11.5 Å². The van der Waals surface area contributed by atoms with Crippen LogP contribution in [0.1, 0.15) is 32.1 Å². The minimum Gasteiger partial charge on any atom is -0.330 e. The van der Waals surface area contributed by atoms with E-state index in [-0.39, 0.29) is 17.3 Å². The maximum absolute atomic E-state index is 12.2. The van der Waals surface area contributed by atoms with E-state index >= 15 is 0 Å². The van der Waals surface area contributed by atoms with Crippen LogP contribution < -0.4 is 17.0 Å². The predicted molar refractivity (Wildman–Crippen MR) is 78.0 cm³/mol. The molecule has 2 heterocycles. The Morgan fingerprint density at radius 1 is 1.25 bits per heavy atom. The predicted octanol–water partition coefficient (Wildman–Crippen LogP) is -0.0941. The van der Waals surface area contributed by atoms with Crippen LogP contribution in [0.4, 0.5) is 0 Å². The Morgan fingerprint density at radius 3 is 2.45 bits per heavy atom. The van der Waals surface area contributed by atoms with Gasteiger partial charge in [-0.2, -0.15) is 0 Å². The standard InChI is InChI=1S/C13H21N5O2/c1-5-8(2)18-9(6-7-14)15-10-11(18)16(3)13(20)17(4)12(10)19/h8H,5-7,14H2,1-4H3. The Hall–Kier alpha value is -1.89. The van der Waals surface area contributed by atoms with E-state index < -0.39 is 0 Å². The van der Waals surface area contributed by atoms with Gasteiger partial charge in [0.1, 0.15) is 11.5 Å². The molecule has 0 aromatic carbocycles. The zero-order valence-electron chi connectivity index (χ0n) is 12.4. The monoisotopic (exact) mass is 279 g/mol. The SMILES string of the molecule is CCC(C)n1c(CCN)nc2c(=O)n(C)c(=O)n(C)c21. The lowest BCUT2D eigenvalue weighted by atomic mass is 10.2. The first kappa shape index (κ1) is 14.5. The minimum atomic E-state index is -0.358. The second-order valence-corrected chi connectivity index (χ2v) is 5.07. The molecule has 1 atom stereocenters. The number of hydrogen-bond acceptors (Lipinski definition) is 4. The summed E-state index contributed by atoms with van der Waals surface area (Å²) < 4.78 is 4.53. The second-order valence-electron chi connectivity index (χ2n) is 5.07. The molecule has 7 nitrogen and oxygen atoms in total. The van der Waals surface area contributed by atoms with Crippen molar-refractivity contribution in [3.63, 3.8) is 0 Å². The van der Waals surface area contributed by atoms with Crippen LogP contribution in [0.3, 0.4) is 0 Å². The first-order valence-corrected chi connectivity index (χ1v) is 6.80. The normalized spacial score (nSPS) is 13.1. The fourth-order valence-electron chi connectivity index (χ4n) is 2.45. The summed E-state index contributed by atoms with van der Waals surface area (Å²) in [7, 11) is 3.13. The first-order chi connectivity index (χ1) is 9.43. The van der Waals surface area contributed by atoms with E-state index in [0.717, 1.165) is 16.8 Å². The number of nitrogens with zero attached hydrogens (tertiary/aromatic N) is 4. The molecular formula is C13H21N5O2. The summed E-state index contributed by atoms with van der Waals surface area (Å²) in [6.07, 6.45) is 1.46. The van der Waals surface area contributed by atoms with Crippen molar-refractivity contribution in [2.75, 3.05) is 6.54 Å². The van der Waals surface area contributed by atoms with Gasteiger partial charge in [0.15, 0.2) is 5.52 Å². The highest BCUT2D eigenvalue weighted by molar-refractivity contribution is 5.71. The molecule has 0 saturated heterocycles. The van der Waals surface area contributed by atoms with E-state index in [4.69, 9.17) is 5.73 Å². The lowest BCUT2D eigenvalue weighted by Crippen LogP contribution is -2.37. The van der Waals surface area contributed by atoms with Crippen molar-refractivity contribution in [3.05, 3.63) is 26.7 Å². The van der Waals surface area contributed by atoms with Gasteiger partial charge in [0.2, 0.25) is 0 Å². The number of fused-ring (bicyclic) bond motifs is 1. The van der Waals surface area contributed by atoms with Crippen LogP contribution in [0.2, 0.25) is 0 Å². The van der Waals surface area contributed by atoms with Crippen molar-refractivity contribution in [3.8, 4) is 0 Å². The molecule has 0 fully saturated rings. The van der Waals surface area contributed by atoms with Crippen LogP contribution in [0, 0.1) is 0 Å². The molecule has 0 aliphatic carbocycles. The molecule has 0 radical (unpaired) electrons. The zero-order chi connectivity index (χ0) is 15.0. The van der Waals surface area contributed by atoms with Gasteiger partial charge in [0, 0.05) is 26.6 Å². The van der Waals surface area contributed by atoms with Crippen molar-refractivity contribution in [2.45, 2.75) is 32.7 Å². The highest BCUT2D eigenvalue weighted by Crippen LogP contribution is 2.20. The van der Waals surface area contributed by atoms with Gasteiger partial charge < -0.3 is 10.3 Å². The average molecular weight is 279 g/mol. The lowest BCUT2D eigenvalue weighted by molar-refractivity contribution is 0.511. The van der Waals surface area contributed by atoms with Crippen LogP contribution >= 0.6 is 0 Å². The Kier molecular flexibility index (Phi) is 3.80. The van der Waals surface area contributed by atoms with E-state index in [9.17, 15) is 9.59 Å². The van der Waals surface area contributed by atoms with Crippen LogP contribution in [-0.2, 0) is 20.5 Å². The van der Waals surface area contributed by atoms with Crippen molar-refractivity contribution in [1.29, 1.82) is 0 Å². The molecule has 110 valence electrons. The third-order valence-corrected chi connectivity index (χ3v) is 3.76. The molecule has 7 heteroatoms. The summed E-state index contributed by atoms with van der Waals surface area (Å²) in [6.45, 7) is 4.55. The summed E-state index contributed by atoms with van der Waals surface area (Å²) in [6, 6.07) is 0.152. The fourth-order valence-corrected chi connectivity index (χ4v) is 2.45. The number of hydrogen-bond donors (Lipinski definition) is 1. The third-order valence-electron chi connectivity index (χ3n) is 3.76. The van der Waals surface area contributed by atoms with Crippen molar-refractivity contribution >= 4 is 11.2 Å². The number of nitrogens with two attached hydrogens (primary N) is 1. The van der Waals surface area contributed by atoms with Crippen LogP contribution in [-0.4, -0.2) is 25.2 Å². The van der Waals surface area contributed by atoms with E-state index in [0.29, 0.717) is 24.1 Å². The van der Waals surface area contributed by atoms with Gasteiger partial charge >= 0.3 is 5.69 Å². The molecule has 2 aromatic rings. The third kappa shape index (κ3) is 1.98. The molecule has 20 heavy (non-hydrogen) atoms. The largest absolute Gasteiger partial charge is 0.332 e. The lowest BCUT2D eigenvalue weighted by Gasteiger charge is -2.16. The molecule has 0 aliphatic heterocycles. The second kappa shape index (κ2) is 5.24. The molecule has 0 aliphatic rings. The molecule has 2 N–H and O–H groups in total. The maximum atomic E-state index is 12.2. The molecule has 2 rings (SSSR count). The smallest absolute Gasteiger partial charge is 0.330 e. The molecule has 0 spiro atoms. The van der Waals surface area contributed by atoms with Gasteiger partial charge in [-0.1, -0.05) is 6.92 Å². The Balaban J connectivity index is 2.97. The summed E-state index contributed by atoms with van der Waals surface area (Å²) in [5.74, 6) is 0.759. The Morgan fingerprint density at radius 2 is 1.90 bits per heavy atom. The van der Waals surface area contributed by atoms with Crippen molar-refractivity contribution < 1.29 is 0 Å². The Labute approximate surface area is 116 Å². The summed E-state index contributed by atoms with van der Waals surface area (Å²) in [5, 5.41) is 0. The van der Waals surface area contributed by atoms with Gasteiger partial charge in [-0.05, 0) is 19.9 Å². The molecule has 0 saturated carbocycles. The van der Waals surface area contributed by atoms with Crippen LogP contribution in [0.5, 0.6) is 0 Å². The summed E-state index contributed by atoms with van der Waals surface area (Å²) >= 11 is 0. The van der Waals surface area contributed by atoms with Crippen molar-refractivity contribution in [2.24, 2.45) is 19.8 Å². The van der Waals surface area contributed by atoms with Crippen LogP contribution in [0.25, 0.3) is 11.2 Å². The van der Waals surface area contributed by atoms with Gasteiger partial charge in [-0.15, -0.1) is 0 Å². The number of imidazole rings is 1. The number of aryl methyl sites for hydroxylation is 1. The number of rotatable bonds is 4. The Bertz CT molecular complexity index is 753. The highest BCUT2D eigenvalue weighted by Gasteiger charge is 2.20. The summed E-state index contributed by atoms with van der Waals surface area (Å²) in [5.41, 5.74) is 5.84. The topological polar surface area (TPSA) is 87.8 Å². The van der Waals surface area contributed by atoms with Crippen molar-refractivity contribution in [1.82, 2.24) is 18.7 Å². The van der Waals surface area contributed by atoms with Gasteiger partial charge in [-0.25, -0.2) is 9.78 Å². The first-order valence-electron chi connectivity index (χ1n) is 6.80. The van der Waals surface area contributed by atoms with Gasteiger partial charge in [-0.3, -0.25) is 13.9 Å².